The normalized spacial score (nSPS) is 11.4. The number of rotatable bonds is 2. The van der Waals surface area contributed by atoms with Crippen LogP contribution < -0.4 is 5.56 Å². The van der Waals surface area contributed by atoms with E-state index in [1.807, 2.05) is 36.4 Å². The van der Waals surface area contributed by atoms with Gasteiger partial charge in [-0.3, -0.25) is 9.36 Å². The zero-order valence-corrected chi connectivity index (χ0v) is 15.3. The number of halogens is 2. The fourth-order valence-corrected chi connectivity index (χ4v) is 3.39. The molecule has 0 aliphatic heterocycles. The highest BCUT2D eigenvalue weighted by Gasteiger charge is 2.12. The van der Waals surface area contributed by atoms with Gasteiger partial charge in [-0.05, 0) is 12.1 Å². The number of fused-ring (bicyclic) bond motifs is 2. The molecule has 0 unspecified atom stereocenters. The van der Waals surface area contributed by atoms with E-state index in [4.69, 9.17) is 0 Å². The molecule has 2 aromatic heterocycles. The molecule has 0 amide bonds. The van der Waals surface area contributed by atoms with Gasteiger partial charge in [0, 0.05) is 30.3 Å². The molecule has 0 saturated heterocycles. The Labute approximate surface area is 163 Å². The van der Waals surface area contributed by atoms with E-state index in [2.05, 4.69) is 15.0 Å². The minimum absolute atomic E-state index is 0.115. The van der Waals surface area contributed by atoms with Crippen LogP contribution in [0.4, 0.5) is 8.78 Å². The molecule has 1 N–H and O–H groups in total. The lowest BCUT2D eigenvalue weighted by atomic mass is 10.1. The second kappa shape index (κ2) is 6.34. The van der Waals surface area contributed by atoms with Crippen LogP contribution in [-0.2, 0) is 7.05 Å². The van der Waals surface area contributed by atoms with Gasteiger partial charge >= 0.3 is 0 Å². The summed E-state index contributed by atoms with van der Waals surface area (Å²) < 4.78 is 28.4. The minimum atomic E-state index is -0.936. The van der Waals surface area contributed by atoms with Crippen molar-refractivity contribution >= 4 is 21.9 Å². The summed E-state index contributed by atoms with van der Waals surface area (Å²) in [6.45, 7) is 0. The van der Waals surface area contributed by atoms with Gasteiger partial charge in [-0.25, -0.2) is 18.7 Å². The molecule has 0 fully saturated rings. The Bertz CT molecular complexity index is 1410. The molecule has 5 rings (SSSR count). The second-order valence-electron chi connectivity index (χ2n) is 6.76. The van der Waals surface area contributed by atoms with Crippen LogP contribution in [0.5, 0.6) is 0 Å². The van der Waals surface area contributed by atoms with Crippen molar-refractivity contribution < 1.29 is 8.78 Å². The maximum Gasteiger partial charge on any atom is 0.261 e. The van der Waals surface area contributed by atoms with Gasteiger partial charge in [-0.1, -0.05) is 36.4 Å². The highest BCUT2D eigenvalue weighted by Crippen LogP contribution is 2.25. The van der Waals surface area contributed by atoms with Crippen molar-refractivity contribution in [3.63, 3.8) is 0 Å². The van der Waals surface area contributed by atoms with Crippen molar-refractivity contribution in [2.24, 2.45) is 7.05 Å². The third-order valence-corrected chi connectivity index (χ3v) is 4.92. The predicted molar refractivity (Wildman–Crippen MR) is 107 cm³/mol. The van der Waals surface area contributed by atoms with E-state index in [-0.39, 0.29) is 5.56 Å². The van der Waals surface area contributed by atoms with E-state index in [9.17, 15) is 13.6 Å². The van der Waals surface area contributed by atoms with Crippen molar-refractivity contribution in [2.75, 3.05) is 0 Å². The zero-order chi connectivity index (χ0) is 20.1. The van der Waals surface area contributed by atoms with E-state index in [0.29, 0.717) is 33.6 Å². The zero-order valence-electron chi connectivity index (χ0n) is 15.3. The van der Waals surface area contributed by atoms with Gasteiger partial charge in [0.25, 0.3) is 5.56 Å². The second-order valence-corrected chi connectivity index (χ2v) is 6.76. The number of benzene rings is 3. The molecule has 29 heavy (non-hydrogen) atoms. The lowest BCUT2D eigenvalue weighted by Crippen LogP contribution is -2.20. The number of nitrogens with zero attached hydrogens (tertiary/aromatic N) is 3. The van der Waals surface area contributed by atoms with E-state index >= 15 is 0 Å². The Morgan fingerprint density at radius 2 is 1.55 bits per heavy atom. The summed E-state index contributed by atoms with van der Waals surface area (Å²) in [6, 6.07) is 16.7. The molecule has 7 heteroatoms. The molecule has 3 aromatic carbocycles. The Morgan fingerprint density at radius 1 is 0.862 bits per heavy atom. The molecule has 0 aliphatic carbocycles. The summed E-state index contributed by atoms with van der Waals surface area (Å²) in [5.41, 5.74) is 2.80. The predicted octanol–water partition coefficient (Wildman–Crippen LogP) is 4.42. The summed E-state index contributed by atoms with van der Waals surface area (Å²) in [6.07, 6.45) is 0. The standard InChI is InChI=1S/C22H14F2N4O/c1-28-21(27-17-5-3-2-4-14(17)22(28)29)13-8-6-12(7-9-13)20-25-18-10-15(23)16(24)11-19(18)26-20/h2-11H,1H3,(H,25,26). The SMILES string of the molecule is Cn1c(-c2ccc(-c3nc4cc(F)c(F)cc4[nH]3)cc2)nc2ccccc2c1=O. The maximum atomic E-state index is 13.4. The summed E-state index contributed by atoms with van der Waals surface area (Å²) in [5.74, 6) is -0.813. The van der Waals surface area contributed by atoms with Gasteiger partial charge in [0.2, 0.25) is 0 Å². The fourth-order valence-electron chi connectivity index (χ4n) is 3.39. The molecule has 5 aromatic rings. The van der Waals surface area contributed by atoms with Crippen LogP contribution >= 0.6 is 0 Å². The van der Waals surface area contributed by atoms with Crippen LogP contribution in [0.25, 0.3) is 44.7 Å². The van der Waals surface area contributed by atoms with E-state index < -0.39 is 11.6 Å². The van der Waals surface area contributed by atoms with E-state index in [0.717, 1.165) is 23.3 Å². The average molecular weight is 388 g/mol. The third-order valence-electron chi connectivity index (χ3n) is 4.92. The number of aromatic nitrogens is 4. The first kappa shape index (κ1) is 17.2. The number of imidazole rings is 1. The summed E-state index contributed by atoms with van der Waals surface area (Å²) in [7, 11) is 1.69. The minimum Gasteiger partial charge on any atom is -0.338 e. The molecule has 5 nitrogen and oxygen atoms in total. The van der Waals surface area contributed by atoms with Gasteiger partial charge in [0.1, 0.15) is 11.6 Å². The first-order valence-electron chi connectivity index (χ1n) is 8.92. The lowest BCUT2D eigenvalue weighted by molar-refractivity contribution is 0.510. The Balaban J connectivity index is 1.58. The van der Waals surface area contributed by atoms with Crippen LogP contribution in [0.3, 0.4) is 0 Å². The van der Waals surface area contributed by atoms with Gasteiger partial charge < -0.3 is 4.98 Å². The van der Waals surface area contributed by atoms with Crippen molar-refractivity contribution in [1.82, 2.24) is 19.5 Å². The van der Waals surface area contributed by atoms with E-state index in [1.54, 1.807) is 19.2 Å². The number of hydrogen-bond donors (Lipinski definition) is 1. The monoisotopic (exact) mass is 388 g/mol. The molecule has 142 valence electrons. The largest absolute Gasteiger partial charge is 0.338 e. The maximum absolute atomic E-state index is 13.4. The molecule has 0 spiro atoms. The average Bonchev–Trinajstić information content (AvgIpc) is 3.14. The van der Waals surface area contributed by atoms with Crippen molar-refractivity contribution in [2.45, 2.75) is 0 Å². The van der Waals surface area contributed by atoms with Gasteiger partial charge in [0.15, 0.2) is 11.6 Å². The molecule has 0 aliphatic rings. The number of aromatic amines is 1. The van der Waals surface area contributed by atoms with Crippen LogP contribution in [0.15, 0.2) is 65.5 Å². The highest BCUT2D eigenvalue weighted by atomic mass is 19.2. The quantitative estimate of drug-likeness (QED) is 0.487. The fraction of sp³-hybridized carbons (Fsp3) is 0.0455. The summed E-state index contributed by atoms with van der Waals surface area (Å²) in [4.78, 5) is 24.6. The molecule has 0 atom stereocenters. The van der Waals surface area contributed by atoms with Gasteiger partial charge in [-0.15, -0.1) is 0 Å². The van der Waals surface area contributed by atoms with Gasteiger partial charge in [-0.2, -0.15) is 0 Å². The Hall–Kier alpha value is -3.87. The molecular weight excluding hydrogens is 374 g/mol. The van der Waals surface area contributed by atoms with Crippen molar-refractivity contribution in [3.05, 3.63) is 82.7 Å². The molecule has 2 heterocycles. The summed E-state index contributed by atoms with van der Waals surface area (Å²) in [5, 5.41) is 0.567. The van der Waals surface area contributed by atoms with Crippen LogP contribution in [-0.4, -0.2) is 19.5 Å². The van der Waals surface area contributed by atoms with Crippen LogP contribution in [0.1, 0.15) is 0 Å². The van der Waals surface area contributed by atoms with Crippen LogP contribution in [0, 0.1) is 11.6 Å². The number of para-hydroxylation sites is 1. The highest BCUT2D eigenvalue weighted by molar-refractivity contribution is 5.81. The molecule has 0 saturated carbocycles. The molecule has 0 bridgehead atoms. The Morgan fingerprint density at radius 3 is 2.34 bits per heavy atom. The van der Waals surface area contributed by atoms with Crippen molar-refractivity contribution in [1.29, 1.82) is 0 Å². The van der Waals surface area contributed by atoms with Crippen molar-refractivity contribution in [3.8, 4) is 22.8 Å². The smallest absolute Gasteiger partial charge is 0.261 e. The van der Waals surface area contributed by atoms with Crippen LogP contribution in [0.2, 0.25) is 0 Å². The number of nitrogens with one attached hydrogen (secondary N) is 1. The number of hydrogen-bond acceptors (Lipinski definition) is 3. The topological polar surface area (TPSA) is 63.6 Å². The Kier molecular flexibility index (Phi) is 3.77. The van der Waals surface area contributed by atoms with E-state index in [1.165, 1.54) is 4.57 Å². The first-order valence-corrected chi connectivity index (χ1v) is 8.92. The molecular formula is C22H14F2N4O. The lowest BCUT2D eigenvalue weighted by Gasteiger charge is -2.09. The summed E-state index contributed by atoms with van der Waals surface area (Å²) >= 11 is 0. The third kappa shape index (κ3) is 2.79. The molecule has 0 radical (unpaired) electrons. The first-order chi connectivity index (χ1) is 14.0. The number of H-pyrrole nitrogens is 1. The van der Waals surface area contributed by atoms with Gasteiger partial charge in [0.05, 0.1) is 21.9 Å².